The first-order chi connectivity index (χ1) is 10.6. The number of ether oxygens (including phenoxy) is 2. The second-order valence-corrected chi connectivity index (χ2v) is 3.58. The Morgan fingerprint density at radius 2 is 1.23 bits per heavy atom. The number of esters is 2. The van der Waals surface area contributed by atoms with Gasteiger partial charge in [0.2, 0.25) is 0 Å². The van der Waals surface area contributed by atoms with Crippen LogP contribution < -0.4 is 11.5 Å². The molecule has 0 radical (unpaired) electrons. The molecule has 0 bridgehead atoms. The summed E-state index contributed by atoms with van der Waals surface area (Å²) in [5, 5.41) is 4.23. The van der Waals surface area contributed by atoms with Crippen molar-refractivity contribution in [3.63, 3.8) is 0 Å². The second kappa shape index (κ2) is 12.2. The third-order valence-corrected chi connectivity index (χ3v) is 1.98. The lowest BCUT2D eigenvalue weighted by atomic mass is 10.4. The molecule has 0 saturated heterocycles. The molecule has 0 fully saturated rings. The smallest absolute Gasteiger partial charge is 0.334 e. The highest BCUT2D eigenvalue weighted by Crippen LogP contribution is 2.03. The zero-order chi connectivity index (χ0) is 16.8. The Labute approximate surface area is 124 Å². The van der Waals surface area contributed by atoms with Gasteiger partial charge in [0.15, 0.2) is 10.7 Å². The quantitative estimate of drug-likeness (QED) is 0.154. The fourth-order valence-electron chi connectivity index (χ4n) is 1.11. The Morgan fingerprint density at radius 3 is 1.50 bits per heavy atom. The van der Waals surface area contributed by atoms with Crippen LogP contribution in [0.15, 0.2) is 22.8 Å². The van der Waals surface area contributed by atoms with E-state index in [9.17, 15) is 19.4 Å². The van der Waals surface area contributed by atoms with E-state index in [0.29, 0.717) is 12.2 Å². The summed E-state index contributed by atoms with van der Waals surface area (Å²) in [7, 11) is 0. The van der Waals surface area contributed by atoms with E-state index < -0.39 is 24.5 Å². The lowest BCUT2D eigenvalue weighted by Crippen LogP contribution is -2.23. The van der Waals surface area contributed by atoms with E-state index in [4.69, 9.17) is 11.5 Å². The number of nitrogens with two attached hydrogens (primary N) is 2. The Morgan fingerprint density at radius 1 is 0.864 bits per heavy atom. The standard InChI is InChI=1S/C10H16N4O8/c11-5-3-9(21-13-17)19-7(15)1-2-8(16)20-10(4-6-12)22-14-18/h1-2,9-10H,3-6,11-12H2/b2-1+. The molecule has 0 rings (SSSR count). The molecule has 0 heterocycles. The van der Waals surface area contributed by atoms with Crippen LogP contribution in [-0.4, -0.2) is 37.6 Å². The van der Waals surface area contributed by atoms with Crippen LogP contribution in [0.25, 0.3) is 0 Å². The van der Waals surface area contributed by atoms with Gasteiger partial charge in [0.05, 0.1) is 0 Å². The predicted octanol–water partition coefficient (Wildman–Crippen LogP) is -0.625. The molecule has 0 aromatic carbocycles. The molecule has 0 saturated carbocycles. The second-order valence-electron chi connectivity index (χ2n) is 3.58. The summed E-state index contributed by atoms with van der Waals surface area (Å²) < 4.78 is 9.26. The van der Waals surface area contributed by atoms with Crippen LogP contribution in [-0.2, 0) is 28.7 Å². The van der Waals surface area contributed by atoms with Gasteiger partial charge >= 0.3 is 11.9 Å². The predicted molar refractivity (Wildman–Crippen MR) is 70.0 cm³/mol. The molecule has 0 aromatic rings. The molecule has 124 valence electrons. The molecule has 0 aliphatic heterocycles. The largest absolute Gasteiger partial charge is 0.420 e. The Kier molecular flexibility index (Phi) is 10.7. The van der Waals surface area contributed by atoms with Crippen molar-refractivity contribution >= 4 is 11.9 Å². The Balaban J connectivity index is 4.36. The zero-order valence-corrected chi connectivity index (χ0v) is 11.5. The molecular weight excluding hydrogens is 304 g/mol. The molecule has 2 atom stereocenters. The number of carbonyl (C=O) groups excluding carboxylic acids is 2. The number of nitrogens with zero attached hydrogens (tertiary/aromatic N) is 2. The summed E-state index contributed by atoms with van der Waals surface area (Å²) in [5.41, 5.74) is 10.4. The monoisotopic (exact) mass is 320 g/mol. The van der Waals surface area contributed by atoms with E-state index in [1.54, 1.807) is 0 Å². The van der Waals surface area contributed by atoms with Gasteiger partial charge < -0.3 is 30.6 Å². The maximum atomic E-state index is 11.3. The van der Waals surface area contributed by atoms with Crippen molar-refractivity contribution in [1.29, 1.82) is 0 Å². The first kappa shape index (κ1) is 19.4. The van der Waals surface area contributed by atoms with Crippen molar-refractivity contribution in [2.45, 2.75) is 25.4 Å². The number of hydrogen-bond acceptors (Lipinski definition) is 12. The fraction of sp³-hybridized carbons (Fsp3) is 0.600. The summed E-state index contributed by atoms with van der Waals surface area (Å²) in [6.45, 7) is 0.159. The van der Waals surface area contributed by atoms with Gasteiger partial charge in [-0.2, -0.15) is 0 Å². The molecular formula is C10H16N4O8. The molecule has 4 N–H and O–H groups in total. The first-order valence-electron chi connectivity index (χ1n) is 6.03. The minimum Gasteiger partial charge on any atom is -0.420 e. The van der Waals surface area contributed by atoms with Crippen LogP contribution in [0.5, 0.6) is 0 Å². The van der Waals surface area contributed by atoms with E-state index in [-0.39, 0.29) is 25.9 Å². The summed E-state index contributed by atoms with van der Waals surface area (Å²) in [4.78, 5) is 50.9. The maximum Gasteiger partial charge on any atom is 0.334 e. The molecule has 0 spiro atoms. The lowest BCUT2D eigenvalue weighted by Gasteiger charge is -2.12. The molecule has 12 nitrogen and oxygen atoms in total. The average Bonchev–Trinajstić information content (AvgIpc) is 2.46. The van der Waals surface area contributed by atoms with Crippen LogP contribution >= 0.6 is 0 Å². The van der Waals surface area contributed by atoms with Gasteiger partial charge in [-0.1, -0.05) is 0 Å². The van der Waals surface area contributed by atoms with Gasteiger partial charge in [0.25, 0.3) is 12.6 Å². The molecule has 0 aliphatic rings. The molecule has 0 aromatic heterocycles. The number of rotatable bonds is 12. The van der Waals surface area contributed by atoms with E-state index in [1.807, 2.05) is 0 Å². The number of hydrogen-bond donors (Lipinski definition) is 2. The molecule has 12 heteroatoms. The fourth-order valence-corrected chi connectivity index (χ4v) is 1.11. The van der Waals surface area contributed by atoms with Crippen LogP contribution in [0.4, 0.5) is 0 Å². The summed E-state index contributed by atoms with van der Waals surface area (Å²) in [6, 6.07) is 0. The highest BCUT2D eigenvalue weighted by atomic mass is 16.8. The van der Waals surface area contributed by atoms with Crippen LogP contribution in [0.2, 0.25) is 0 Å². The summed E-state index contributed by atoms with van der Waals surface area (Å²) in [6.07, 6.45) is -1.02. The average molecular weight is 320 g/mol. The Hall–Kier alpha value is -2.60. The van der Waals surface area contributed by atoms with Crippen LogP contribution in [0.3, 0.4) is 0 Å². The molecule has 2 unspecified atom stereocenters. The molecule has 22 heavy (non-hydrogen) atoms. The van der Waals surface area contributed by atoms with Gasteiger partial charge in [-0.15, -0.1) is 9.81 Å². The van der Waals surface area contributed by atoms with Gasteiger partial charge in [0.1, 0.15) is 0 Å². The lowest BCUT2D eigenvalue weighted by molar-refractivity contribution is -0.177. The van der Waals surface area contributed by atoms with E-state index >= 15 is 0 Å². The van der Waals surface area contributed by atoms with Gasteiger partial charge in [-0.05, 0) is 13.1 Å². The highest BCUT2D eigenvalue weighted by molar-refractivity contribution is 5.91. The number of carbonyl (C=O) groups is 2. The topological polar surface area (TPSA) is 182 Å². The van der Waals surface area contributed by atoms with Crippen molar-refractivity contribution in [1.82, 2.24) is 0 Å². The Bertz CT molecular complexity index is 366. The van der Waals surface area contributed by atoms with Gasteiger partial charge in [-0.25, -0.2) is 9.59 Å². The van der Waals surface area contributed by atoms with Gasteiger partial charge in [-0.3, -0.25) is 0 Å². The zero-order valence-electron chi connectivity index (χ0n) is 11.5. The van der Waals surface area contributed by atoms with Crippen LogP contribution in [0.1, 0.15) is 12.8 Å². The molecule has 0 aliphatic carbocycles. The maximum absolute atomic E-state index is 11.3. The van der Waals surface area contributed by atoms with Crippen molar-refractivity contribution in [3.8, 4) is 0 Å². The van der Waals surface area contributed by atoms with Crippen molar-refractivity contribution < 1.29 is 28.7 Å². The van der Waals surface area contributed by atoms with E-state index in [2.05, 4.69) is 29.8 Å². The first-order valence-corrected chi connectivity index (χ1v) is 6.03. The highest BCUT2D eigenvalue weighted by Gasteiger charge is 2.16. The van der Waals surface area contributed by atoms with Crippen molar-refractivity contribution in [2.75, 3.05) is 13.1 Å². The minimum atomic E-state index is -1.26. The van der Waals surface area contributed by atoms with Gasteiger partial charge in [0, 0.05) is 25.0 Å². The van der Waals surface area contributed by atoms with E-state index in [1.165, 1.54) is 0 Å². The van der Waals surface area contributed by atoms with Crippen molar-refractivity contribution in [3.05, 3.63) is 22.0 Å². The summed E-state index contributed by atoms with van der Waals surface area (Å²) >= 11 is 0. The molecule has 0 amide bonds. The van der Waals surface area contributed by atoms with Crippen molar-refractivity contribution in [2.24, 2.45) is 22.1 Å². The normalized spacial score (nSPS) is 13.0. The summed E-state index contributed by atoms with van der Waals surface area (Å²) in [5.74, 6) is -1.99. The SMILES string of the molecule is NCCC(ON=O)OC(=O)/C=C/C(=O)OC(CCN)ON=O. The minimum absolute atomic E-state index is 0.0349. The van der Waals surface area contributed by atoms with Crippen LogP contribution in [0, 0.1) is 9.81 Å². The third-order valence-electron chi connectivity index (χ3n) is 1.98. The third kappa shape index (κ3) is 9.33. The van der Waals surface area contributed by atoms with E-state index in [0.717, 1.165) is 0 Å².